The second-order valence-electron chi connectivity index (χ2n) is 15.8. The number of benzene rings is 4. The lowest BCUT2D eigenvalue weighted by atomic mass is 9.89. The van der Waals surface area contributed by atoms with Gasteiger partial charge in [0.2, 0.25) is 0 Å². The molecule has 15 heteroatoms. The van der Waals surface area contributed by atoms with Crippen molar-refractivity contribution < 1.29 is 19.2 Å². The van der Waals surface area contributed by atoms with Crippen LogP contribution in [0.5, 0.6) is 0 Å². The lowest BCUT2D eigenvalue weighted by molar-refractivity contribution is 0.0705. The Balaban J connectivity index is 0.000000194. The molecule has 4 aromatic carbocycles. The summed E-state index contributed by atoms with van der Waals surface area (Å²) in [7, 11) is 0. The minimum atomic E-state index is -0.470. The number of halogens is 1. The number of hydrogen-bond acceptors (Lipinski definition) is 9. The monoisotopic (exact) mass is 885 g/mol. The Morgan fingerprint density at radius 3 is 1.62 bits per heavy atom. The molecule has 14 nitrogen and oxygen atoms in total. The van der Waals surface area contributed by atoms with Gasteiger partial charge in [0.1, 0.15) is 5.69 Å². The van der Waals surface area contributed by atoms with Gasteiger partial charge in [-0.15, -0.1) is 0 Å². The maximum Gasteiger partial charge on any atom is 0.276 e. The fourth-order valence-corrected chi connectivity index (χ4v) is 8.02. The number of carbonyl (C=O) groups is 4. The number of aromatic amines is 1. The van der Waals surface area contributed by atoms with E-state index < -0.39 is 11.5 Å². The average Bonchev–Trinajstić information content (AvgIpc) is 3.35. The van der Waals surface area contributed by atoms with Gasteiger partial charge in [0.15, 0.2) is 0 Å². The molecular weight excluding hydrogens is 842 g/mol. The first kappa shape index (κ1) is 45.1. The molecule has 0 unspecified atom stereocenters. The molecule has 0 aliphatic carbocycles. The van der Waals surface area contributed by atoms with Crippen molar-refractivity contribution in [3.8, 4) is 12.1 Å². The Hall–Kier alpha value is -7.94. The molecular formula is C50H44ClN9O5. The van der Waals surface area contributed by atoms with Crippen LogP contribution in [0.2, 0.25) is 5.02 Å². The van der Waals surface area contributed by atoms with E-state index in [-0.39, 0.29) is 23.4 Å². The summed E-state index contributed by atoms with van der Waals surface area (Å²) in [5.74, 6) is -0.221. The van der Waals surface area contributed by atoms with Crippen molar-refractivity contribution in [3.05, 3.63) is 187 Å². The van der Waals surface area contributed by atoms with Crippen LogP contribution >= 0.6 is 11.6 Å². The first-order chi connectivity index (χ1) is 31.5. The van der Waals surface area contributed by atoms with Gasteiger partial charge in [-0.3, -0.25) is 29.0 Å². The third kappa shape index (κ3) is 11.4. The van der Waals surface area contributed by atoms with E-state index in [1.807, 2.05) is 65.3 Å². The molecule has 2 aliphatic rings. The van der Waals surface area contributed by atoms with Gasteiger partial charge in [-0.25, -0.2) is 5.10 Å². The first-order valence-electron chi connectivity index (χ1n) is 21.1. The molecule has 0 saturated carbocycles. The average molecular weight is 886 g/mol. The van der Waals surface area contributed by atoms with Gasteiger partial charge in [0.25, 0.3) is 29.2 Å². The Morgan fingerprint density at radius 1 is 0.631 bits per heavy atom. The van der Waals surface area contributed by atoms with E-state index in [0.29, 0.717) is 82.2 Å². The van der Waals surface area contributed by atoms with Crippen molar-refractivity contribution in [1.29, 1.82) is 10.5 Å². The van der Waals surface area contributed by atoms with Crippen LogP contribution in [0, 0.1) is 29.6 Å². The molecule has 6 aromatic rings. The summed E-state index contributed by atoms with van der Waals surface area (Å²) in [6.45, 7) is 4.41. The number of likely N-dealkylation sites (tertiary alicyclic amines) is 2. The number of nitrogens with zero attached hydrogens (tertiary/aromatic N) is 6. The number of pyridine rings is 1. The number of aryl methyl sites for hydroxylation is 1. The SMILES string of the molecule is Cc1ccc(C(=O)N2CCC(c3ccc(C#N)cc3)CC2)cc1NC(=O)c1ccc(=O)[nH]n1.N#Cc1ccc(C2CCN(C(=O)c3ccc(Cl)c(NC(=O)c4ccncc4)c3)CC2)cc1. The number of nitriles is 2. The van der Waals surface area contributed by atoms with E-state index in [1.165, 1.54) is 35.7 Å². The van der Waals surface area contributed by atoms with Crippen LogP contribution in [0.4, 0.5) is 11.4 Å². The molecule has 0 spiro atoms. The van der Waals surface area contributed by atoms with Gasteiger partial charge in [0, 0.05) is 67.0 Å². The molecule has 2 aromatic heterocycles. The molecule has 0 bridgehead atoms. The maximum atomic E-state index is 13.1. The fraction of sp³-hybridized carbons (Fsp3) is 0.220. The van der Waals surface area contributed by atoms with Crippen LogP contribution in [0.15, 0.2) is 126 Å². The molecule has 65 heavy (non-hydrogen) atoms. The zero-order valence-corrected chi connectivity index (χ0v) is 36.2. The lowest BCUT2D eigenvalue weighted by Crippen LogP contribution is -2.38. The highest BCUT2D eigenvalue weighted by atomic mass is 35.5. The second kappa shape index (κ2) is 21.0. The Morgan fingerprint density at radius 2 is 1.12 bits per heavy atom. The number of carbonyl (C=O) groups excluding carboxylic acids is 4. The number of anilines is 2. The van der Waals surface area contributed by atoms with Gasteiger partial charge >= 0.3 is 0 Å². The fourth-order valence-electron chi connectivity index (χ4n) is 7.86. The molecule has 4 amide bonds. The summed E-state index contributed by atoms with van der Waals surface area (Å²) in [5.41, 5.74) is 6.54. The third-order valence-electron chi connectivity index (χ3n) is 11.6. The summed E-state index contributed by atoms with van der Waals surface area (Å²) >= 11 is 6.25. The predicted molar refractivity (Wildman–Crippen MR) is 246 cm³/mol. The minimum Gasteiger partial charge on any atom is -0.339 e. The molecule has 2 fully saturated rings. The van der Waals surface area contributed by atoms with Gasteiger partial charge in [-0.2, -0.15) is 15.6 Å². The normalized spacial score (nSPS) is 13.9. The smallest absolute Gasteiger partial charge is 0.276 e. The molecule has 4 heterocycles. The van der Waals surface area contributed by atoms with Gasteiger partial charge in [0.05, 0.1) is 34.0 Å². The molecule has 8 rings (SSSR count). The number of H-pyrrole nitrogens is 1. The zero-order chi connectivity index (χ0) is 45.9. The largest absolute Gasteiger partial charge is 0.339 e. The van der Waals surface area contributed by atoms with Crippen molar-refractivity contribution in [2.24, 2.45) is 0 Å². The van der Waals surface area contributed by atoms with E-state index in [4.69, 9.17) is 22.1 Å². The summed E-state index contributed by atoms with van der Waals surface area (Å²) in [5, 5.41) is 29.8. The summed E-state index contributed by atoms with van der Waals surface area (Å²) in [4.78, 5) is 69.8. The molecule has 3 N–H and O–H groups in total. The number of hydrogen-bond donors (Lipinski definition) is 3. The number of rotatable bonds is 8. The second-order valence-corrected chi connectivity index (χ2v) is 16.2. The Bertz CT molecular complexity index is 2820. The van der Waals surface area contributed by atoms with E-state index in [2.05, 4.69) is 38.0 Å². The lowest BCUT2D eigenvalue weighted by Gasteiger charge is -2.32. The van der Waals surface area contributed by atoms with Crippen LogP contribution in [0.1, 0.15) is 107 Å². The van der Waals surface area contributed by atoms with E-state index in [1.54, 1.807) is 48.5 Å². The van der Waals surface area contributed by atoms with Crippen LogP contribution in [-0.2, 0) is 0 Å². The van der Waals surface area contributed by atoms with Crippen LogP contribution in [0.3, 0.4) is 0 Å². The van der Waals surface area contributed by atoms with Crippen molar-refractivity contribution in [2.45, 2.75) is 44.4 Å². The topological polar surface area (TPSA) is 205 Å². The minimum absolute atomic E-state index is 0.0778. The van der Waals surface area contributed by atoms with Crippen molar-refractivity contribution in [3.63, 3.8) is 0 Å². The third-order valence-corrected chi connectivity index (χ3v) is 12.0. The quantitative estimate of drug-likeness (QED) is 0.135. The van der Waals surface area contributed by atoms with Crippen LogP contribution in [0.25, 0.3) is 0 Å². The molecule has 326 valence electrons. The Labute approximate surface area is 380 Å². The van der Waals surface area contributed by atoms with Crippen molar-refractivity contribution in [1.82, 2.24) is 25.0 Å². The zero-order valence-electron chi connectivity index (χ0n) is 35.5. The number of nitrogens with one attached hydrogen (secondary N) is 3. The summed E-state index contributed by atoms with van der Waals surface area (Å²) in [6, 6.07) is 35.5. The van der Waals surface area contributed by atoms with E-state index in [0.717, 1.165) is 31.2 Å². The number of amides is 4. The van der Waals surface area contributed by atoms with Crippen LogP contribution in [-0.4, -0.2) is 74.8 Å². The molecule has 0 atom stereocenters. The highest BCUT2D eigenvalue weighted by Crippen LogP contribution is 2.32. The van der Waals surface area contributed by atoms with E-state index >= 15 is 0 Å². The molecule has 2 aliphatic heterocycles. The maximum absolute atomic E-state index is 13.1. The number of piperidine rings is 2. The molecule has 2 saturated heterocycles. The Kier molecular flexibility index (Phi) is 14.5. The van der Waals surface area contributed by atoms with Crippen molar-refractivity contribution in [2.75, 3.05) is 36.8 Å². The van der Waals surface area contributed by atoms with E-state index in [9.17, 15) is 24.0 Å². The van der Waals surface area contributed by atoms with Gasteiger partial charge in [-0.05, 0) is 134 Å². The number of aromatic nitrogens is 3. The summed E-state index contributed by atoms with van der Waals surface area (Å²) in [6.07, 6.45) is 6.50. The highest BCUT2D eigenvalue weighted by molar-refractivity contribution is 6.34. The molecule has 0 radical (unpaired) electrons. The van der Waals surface area contributed by atoms with Crippen LogP contribution < -0.4 is 16.2 Å². The van der Waals surface area contributed by atoms with Gasteiger partial charge < -0.3 is 20.4 Å². The highest BCUT2D eigenvalue weighted by Gasteiger charge is 2.27. The standard InChI is InChI=1S/C25H21ClN4O2.C25H23N5O3/c26-22-6-5-21(15-23(22)29-24(31)20-7-11-28-12-8-20)25(32)30-13-9-19(10-14-30)18-3-1-17(16-27)2-4-18;1-16-2-5-20(14-22(16)27-24(32)21-8-9-23(31)29-28-21)25(33)30-12-10-19(11-13-30)18-6-3-17(15-26)4-7-18/h1-8,11-12,15,19H,9-10,13-14H2,(H,29,31);2-9,14,19H,10-13H2,1H3,(H,27,32)(H,29,31). The predicted octanol–water partition coefficient (Wildman–Crippen LogP) is 8.10. The first-order valence-corrected chi connectivity index (χ1v) is 21.4. The van der Waals surface area contributed by atoms with Gasteiger partial charge in [-0.1, -0.05) is 41.9 Å². The summed E-state index contributed by atoms with van der Waals surface area (Å²) < 4.78 is 0. The van der Waals surface area contributed by atoms with Crippen molar-refractivity contribution >= 4 is 46.6 Å².